The average molecular weight is 255 g/mol. The fourth-order valence-corrected chi connectivity index (χ4v) is 2.46. The molecule has 1 aliphatic rings. The lowest BCUT2D eigenvalue weighted by Gasteiger charge is -2.30. The summed E-state index contributed by atoms with van der Waals surface area (Å²) in [5.74, 6) is 0.311. The standard InChI is InChI=1S/C14H13N3O2/c18-17(19)14-13(6-3-7-15-14)16-9-11-8-10-4-1-2-5-12(10)11/h1-7,11,16H,8-9H2. The highest BCUT2D eigenvalue weighted by Gasteiger charge is 2.25. The predicted molar refractivity (Wildman–Crippen MR) is 72.3 cm³/mol. The molecule has 1 aliphatic carbocycles. The second kappa shape index (κ2) is 4.68. The van der Waals surface area contributed by atoms with Crippen LogP contribution in [0.5, 0.6) is 0 Å². The summed E-state index contributed by atoms with van der Waals surface area (Å²) in [6.45, 7) is 0.698. The summed E-state index contributed by atoms with van der Waals surface area (Å²) in [5.41, 5.74) is 3.19. The molecule has 0 fully saturated rings. The molecule has 5 heteroatoms. The summed E-state index contributed by atoms with van der Waals surface area (Å²) in [6.07, 6.45) is 2.46. The first kappa shape index (κ1) is 11.6. The highest BCUT2D eigenvalue weighted by atomic mass is 16.6. The fourth-order valence-electron chi connectivity index (χ4n) is 2.46. The Morgan fingerprint density at radius 1 is 1.32 bits per heavy atom. The number of anilines is 1. The molecule has 1 aromatic carbocycles. The van der Waals surface area contributed by atoms with Gasteiger partial charge in [0.1, 0.15) is 11.9 Å². The fraction of sp³-hybridized carbons (Fsp3) is 0.214. The number of nitro groups is 1. The van der Waals surface area contributed by atoms with Gasteiger partial charge in [-0.25, -0.2) is 0 Å². The van der Waals surface area contributed by atoms with Gasteiger partial charge in [0.05, 0.1) is 0 Å². The van der Waals surface area contributed by atoms with Crippen LogP contribution in [0.2, 0.25) is 0 Å². The van der Waals surface area contributed by atoms with Crippen molar-refractivity contribution in [3.05, 3.63) is 63.8 Å². The van der Waals surface area contributed by atoms with Gasteiger partial charge < -0.3 is 15.4 Å². The molecule has 0 bridgehead atoms. The Kier molecular flexibility index (Phi) is 2.87. The van der Waals surface area contributed by atoms with Crippen LogP contribution >= 0.6 is 0 Å². The van der Waals surface area contributed by atoms with Crippen molar-refractivity contribution < 1.29 is 4.92 Å². The average Bonchev–Trinajstić information content (AvgIpc) is 2.40. The molecule has 0 radical (unpaired) electrons. The van der Waals surface area contributed by atoms with E-state index in [4.69, 9.17) is 0 Å². The van der Waals surface area contributed by atoms with Crippen molar-refractivity contribution in [2.45, 2.75) is 12.3 Å². The molecule has 1 aromatic heterocycles. The van der Waals surface area contributed by atoms with Gasteiger partial charge in [0, 0.05) is 12.5 Å². The van der Waals surface area contributed by atoms with Gasteiger partial charge in [0.2, 0.25) is 0 Å². The summed E-state index contributed by atoms with van der Waals surface area (Å²) >= 11 is 0. The molecule has 3 rings (SSSR count). The van der Waals surface area contributed by atoms with Crippen molar-refractivity contribution in [2.75, 3.05) is 11.9 Å². The number of nitrogens with one attached hydrogen (secondary N) is 1. The number of pyridine rings is 1. The molecule has 2 aromatic rings. The van der Waals surface area contributed by atoms with E-state index in [9.17, 15) is 10.1 Å². The zero-order chi connectivity index (χ0) is 13.2. The smallest absolute Gasteiger partial charge is 0.378 e. The molecular formula is C14H13N3O2. The van der Waals surface area contributed by atoms with Crippen molar-refractivity contribution in [3.63, 3.8) is 0 Å². The van der Waals surface area contributed by atoms with Gasteiger partial charge in [-0.05, 0) is 39.6 Å². The normalized spacial score (nSPS) is 16.3. The zero-order valence-electron chi connectivity index (χ0n) is 10.2. The van der Waals surface area contributed by atoms with Crippen molar-refractivity contribution in [3.8, 4) is 0 Å². The Hall–Kier alpha value is -2.43. The lowest BCUT2D eigenvalue weighted by molar-refractivity contribution is -0.388. The molecule has 0 spiro atoms. The largest absolute Gasteiger partial charge is 0.386 e. The number of benzene rings is 1. The van der Waals surface area contributed by atoms with E-state index in [-0.39, 0.29) is 5.82 Å². The molecule has 1 heterocycles. The minimum absolute atomic E-state index is 0.116. The van der Waals surface area contributed by atoms with Gasteiger partial charge >= 0.3 is 5.82 Å². The van der Waals surface area contributed by atoms with E-state index in [0.717, 1.165) is 6.42 Å². The first-order chi connectivity index (χ1) is 9.25. The van der Waals surface area contributed by atoms with Crippen molar-refractivity contribution in [1.29, 1.82) is 0 Å². The second-order valence-corrected chi connectivity index (χ2v) is 4.61. The molecule has 0 saturated heterocycles. The number of nitrogens with zero attached hydrogens (tertiary/aromatic N) is 2. The Bertz CT molecular complexity index is 628. The summed E-state index contributed by atoms with van der Waals surface area (Å²) in [4.78, 5) is 14.2. The van der Waals surface area contributed by atoms with Crippen LogP contribution in [0.25, 0.3) is 0 Å². The molecule has 0 aliphatic heterocycles. The third-order valence-corrected chi connectivity index (χ3v) is 3.46. The molecule has 1 atom stereocenters. The molecular weight excluding hydrogens is 242 g/mol. The van der Waals surface area contributed by atoms with Crippen LogP contribution in [0.3, 0.4) is 0 Å². The van der Waals surface area contributed by atoms with E-state index in [1.807, 2.05) is 12.1 Å². The van der Waals surface area contributed by atoms with Crippen LogP contribution < -0.4 is 5.32 Å². The highest BCUT2D eigenvalue weighted by molar-refractivity contribution is 5.57. The maximum Gasteiger partial charge on any atom is 0.386 e. The van der Waals surface area contributed by atoms with E-state index >= 15 is 0 Å². The number of fused-ring (bicyclic) bond motifs is 1. The summed E-state index contributed by atoms with van der Waals surface area (Å²) < 4.78 is 0. The van der Waals surface area contributed by atoms with E-state index in [1.54, 1.807) is 12.1 Å². The number of hydrogen-bond acceptors (Lipinski definition) is 4. The quantitative estimate of drug-likeness (QED) is 0.673. The molecule has 1 N–H and O–H groups in total. The van der Waals surface area contributed by atoms with Gasteiger partial charge in [0.15, 0.2) is 0 Å². The Balaban J connectivity index is 1.70. The van der Waals surface area contributed by atoms with Crippen LogP contribution in [0, 0.1) is 10.1 Å². The first-order valence-electron chi connectivity index (χ1n) is 6.17. The zero-order valence-corrected chi connectivity index (χ0v) is 10.2. The number of hydrogen-bond donors (Lipinski definition) is 1. The van der Waals surface area contributed by atoms with Crippen molar-refractivity contribution >= 4 is 11.5 Å². The van der Waals surface area contributed by atoms with E-state index < -0.39 is 4.92 Å². The second-order valence-electron chi connectivity index (χ2n) is 4.61. The summed E-state index contributed by atoms with van der Waals surface area (Å²) in [6, 6.07) is 11.7. The van der Waals surface area contributed by atoms with Crippen molar-refractivity contribution in [1.82, 2.24) is 4.98 Å². The molecule has 0 saturated carbocycles. The summed E-state index contributed by atoms with van der Waals surface area (Å²) in [5, 5.41) is 14.0. The first-order valence-corrected chi connectivity index (χ1v) is 6.17. The third-order valence-electron chi connectivity index (χ3n) is 3.46. The van der Waals surface area contributed by atoms with Gasteiger partial charge in [-0.1, -0.05) is 24.3 Å². The van der Waals surface area contributed by atoms with E-state index in [1.165, 1.54) is 17.3 Å². The number of aromatic nitrogens is 1. The molecule has 5 nitrogen and oxygen atoms in total. The van der Waals surface area contributed by atoms with Crippen LogP contribution in [0.4, 0.5) is 11.5 Å². The van der Waals surface area contributed by atoms with Crippen LogP contribution in [0.15, 0.2) is 42.6 Å². The maximum absolute atomic E-state index is 10.9. The van der Waals surface area contributed by atoms with Crippen LogP contribution in [-0.4, -0.2) is 16.5 Å². The topological polar surface area (TPSA) is 68.1 Å². The van der Waals surface area contributed by atoms with E-state index in [2.05, 4.69) is 22.4 Å². The lowest BCUT2D eigenvalue weighted by atomic mass is 9.77. The summed E-state index contributed by atoms with van der Waals surface area (Å²) in [7, 11) is 0. The third kappa shape index (κ3) is 2.14. The van der Waals surface area contributed by atoms with Gasteiger partial charge in [0.25, 0.3) is 0 Å². The monoisotopic (exact) mass is 255 g/mol. The molecule has 96 valence electrons. The van der Waals surface area contributed by atoms with Gasteiger partial charge in [-0.2, -0.15) is 0 Å². The van der Waals surface area contributed by atoms with Crippen LogP contribution in [-0.2, 0) is 6.42 Å². The molecule has 0 amide bonds. The van der Waals surface area contributed by atoms with Gasteiger partial charge in [-0.3, -0.25) is 0 Å². The van der Waals surface area contributed by atoms with Gasteiger partial charge in [-0.15, -0.1) is 0 Å². The minimum atomic E-state index is -0.461. The Morgan fingerprint density at radius 2 is 2.16 bits per heavy atom. The molecule has 1 unspecified atom stereocenters. The number of rotatable bonds is 4. The van der Waals surface area contributed by atoms with Crippen LogP contribution in [0.1, 0.15) is 17.0 Å². The van der Waals surface area contributed by atoms with Crippen molar-refractivity contribution in [2.24, 2.45) is 0 Å². The Morgan fingerprint density at radius 3 is 2.95 bits per heavy atom. The minimum Gasteiger partial charge on any atom is -0.378 e. The van der Waals surface area contributed by atoms with E-state index in [0.29, 0.717) is 18.2 Å². The SMILES string of the molecule is O=[N+]([O-])c1ncccc1NCC1Cc2ccccc21. The highest BCUT2D eigenvalue weighted by Crippen LogP contribution is 2.35. The Labute approximate surface area is 110 Å². The molecule has 19 heavy (non-hydrogen) atoms. The lowest BCUT2D eigenvalue weighted by Crippen LogP contribution is -2.24. The maximum atomic E-state index is 10.9. The predicted octanol–water partition coefficient (Wildman–Crippen LogP) is 2.74.